The van der Waals surface area contributed by atoms with Gasteiger partial charge in [-0.1, -0.05) is 0 Å². The molecule has 1 aromatic carbocycles. The van der Waals surface area contributed by atoms with Gasteiger partial charge in [-0.25, -0.2) is 0 Å². The normalized spacial score (nSPS) is 18.8. The Bertz CT molecular complexity index is 619. The van der Waals surface area contributed by atoms with Gasteiger partial charge in [-0.15, -0.1) is 0 Å². The molecule has 1 heterocycles. The number of benzene rings is 1. The number of amides is 1. The Morgan fingerprint density at radius 2 is 2.09 bits per heavy atom. The van der Waals surface area contributed by atoms with E-state index >= 15 is 0 Å². The zero-order valence-electron chi connectivity index (χ0n) is 12.0. The third-order valence-electron chi connectivity index (χ3n) is 3.77. The molecule has 2 rings (SSSR count). The van der Waals surface area contributed by atoms with Gasteiger partial charge >= 0.3 is 6.18 Å². The van der Waals surface area contributed by atoms with Crippen LogP contribution in [0.2, 0.25) is 0 Å². The Labute approximate surface area is 129 Å². The summed E-state index contributed by atoms with van der Waals surface area (Å²) in [6.07, 6.45) is -3.43. The number of nitro groups is 1. The van der Waals surface area contributed by atoms with Gasteiger partial charge in [0.1, 0.15) is 0 Å². The van der Waals surface area contributed by atoms with E-state index in [1.165, 1.54) is 4.90 Å². The Kier molecular flexibility index (Phi) is 4.88. The van der Waals surface area contributed by atoms with Crippen LogP contribution in [0, 0.1) is 16.0 Å². The molecule has 0 bridgehead atoms. The van der Waals surface area contributed by atoms with Gasteiger partial charge in [0, 0.05) is 37.4 Å². The second-order valence-electron chi connectivity index (χ2n) is 5.47. The molecule has 6 nitrogen and oxygen atoms in total. The van der Waals surface area contributed by atoms with Crippen LogP contribution in [0.3, 0.4) is 0 Å². The fourth-order valence-electron chi connectivity index (χ4n) is 2.58. The zero-order chi connectivity index (χ0) is 17.2. The summed E-state index contributed by atoms with van der Waals surface area (Å²) in [5.41, 5.74) is -2.38. The predicted molar refractivity (Wildman–Crippen MR) is 73.8 cm³/mol. The smallest absolute Gasteiger partial charge is 0.396 e. The first-order valence-corrected chi connectivity index (χ1v) is 6.99. The van der Waals surface area contributed by atoms with Crippen molar-refractivity contribution in [1.82, 2.24) is 4.90 Å². The maximum Gasteiger partial charge on any atom is 0.416 e. The molecule has 0 aliphatic carbocycles. The largest absolute Gasteiger partial charge is 0.416 e. The summed E-state index contributed by atoms with van der Waals surface area (Å²) in [7, 11) is 0. The Balaban J connectivity index is 2.35. The molecular formula is C14H15F3N2O4. The lowest BCUT2D eigenvalue weighted by Gasteiger charge is -2.32. The second-order valence-corrected chi connectivity index (χ2v) is 5.47. The Morgan fingerprint density at radius 3 is 2.65 bits per heavy atom. The SMILES string of the molecule is O=C(c1cc([N+](=O)[O-])cc(C(F)(F)F)c1)N1CCCC(CO)C1. The summed E-state index contributed by atoms with van der Waals surface area (Å²) in [4.78, 5) is 23.5. The van der Waals surface area contributed by atoms with Crippen molar-refractivity contribution < 1.29 is 28.0 Å². The average Bonchev–Trinajstić information content (AvgIpc) is 2.52. The number of alkyl halides is 3. The maximum absolute atomic E-state index is 12.9. The van der Waals surface area contributed by atoms with E-state index in [0.717, 1.165) is 12.5 Å². The van der Waals surface area contributed by atoms with Crippen LogP contribution in [0.5, 0.6) is 0 Å². The zero-order valence-corrected chi connectivity index (χ0v) is 12.0. The van der Waals surface area contributed by atoms with Crippen molar-refractivity contribution in [3.8, 4) is 0 Å². The standard InChI is InChI=1S/C14H15F3N2O4/c15-14(16,17)11-4-10(5-12(6-11)19(22)23)13(21)18-3-1-2-9(7-18)8-20/h4-6,9,20H,1-3,7-8H2. The number of nitrogens with zero attached hydrogens (tertiary/aromatic N) is 2. The molecule has 1 aliphatic rings. The number of piperidine rings is 1. The first-order chi connectivity index (χ1) is 10.7. The number of rotatable bonds is 3. The van der Waals surface area contributed by atoms with Crippen molar-refractivity contribution in [1.29, 1.82) is 0 Å². The highest BCUT2D eigenvalue weighted by atomic mass is 19.4. The molecule has 0 saturated carbocycles. The number of non-ortho nitro benzene ring substituents is 1. The van der Waals surface area contributed by atoms with Gasteiger partial charge in [0.15, 0.2) is 0 Å². The first-order valence-electron chi connectivity index (χ1n) is 6.99. The van der Waals surface area contributed by atoms with Gasteiger partial charge in [0.05, 0.1) is 10.5 Å². The minimum Gasteiger partial charge on any atom is -0.396 e. The van der Waals surface area contributed by atoms with Crippen molar-refractivity contribution in [2.24, 2.45) is 5.92 Å². The second kappa shape index (κ2) is 6.53. The molecule has 23 heavy (non-hydrogen) atoms. The van der Waals surface area contributed by atoms with Crippen LogP contribution in [0.25, 0.3) is 0 Å². The van der Waals surface area contributed by atoms with Crippen molar-refractivity contribution in [3.05, 3.63) is 39.4 Å². The minimum atomic E-state index is -4.78. The van der Waals surface area contributed by atoms with Crippen molar-refractivity contribution in [2.75, 3.05) is 19.7 Å². The number of halogens is 3. The van der Waals surface area contributed by atoms with Gasteiger partial charge in [-0.3, -0.25) is 14.9 Å². The summed E-state index contributed by atoms with van der Waals surface area (Å²) in [5, 5.41) is 20.0. The minimum absolute atomic E-state index is 0.119. The monoisotopic (exact) mass is 332 g/mol. The molecule has 1 atom stereocenters. The number of carbonyl (C=O) groups excluding carboxylic acids is 1. The molecule has 0 spiro atoms. The lowest BCUT2D eigenvalue weighted by molar-refractivity contribution is -0.385. The summed E-state index contributed by atoms with van der Waals surface area (Å²) in [5.74, 6) is -0.828. The highest BCUT2D eigenvalue weighted by Crippen LogP contribution is 2.33. The van der Waals surface area contributed by atoms with Gasteiger partial charge in [-0.05, 0) is 24.8 Å². The van der Waals surface area contributed by atoms with E-state index in [9.17, 15) is 28.1 Å². The number of aliphatic hydroxyl groups is 1. The third kappa shape index (κ3) is 3.98. The molecule has 9 heteroatoms. The van der Waals surface area contributed by atoms with E-state index in [2.05, 4.69) is 0 Å². The number of hydrogen-bond donors (Lipinski definition) is 1. The Morgan fingerprint density at radius 1 is 1.39 bits per heavy atom. The molecule has 0 radical (unpaired) electrons. The molecule has 1 N–H and O–H groups in total. The summed E-state index contributed by atoms with van der Waals surface area (Å²) in [6, 6.07) is 1.88. The Hall–Kier alpha value is -2.16. The van der Waals surface area contributed by atoms with Crippen LogP contribution < -0.4 is 0 Å². The van der Waals surface area contributed by atoms with E-state index in [0.29, 0.717) is 25.1 Å². The molecule has 1 unspecified atom stereocenters. The van der Waals surface area contributed by atoms with Crippen LogP contribution >= 0.6 is 0 Å². The van der Waals surface area contributed by atoms with Crippen molar-refractivity contribution in [2.45, 2.75) is 19.0 Å². The molecule has 1 saturated heterocycles. The van der Waals surface area contributed by atoms with E-state index in [4.69, 9.17) is 5.11 Å². The molecular weight excluding hydrogens is 317 g/mol. The topological polar surface area (TPSA) is 83.7 Å². The fraction of sp³-hybridized carbons (Fsp3) is 0.500. The highest BCUT2D eigenvalue weighted by molar-refractivity contribution is 5.95. The molecule has 1 aliphatic heterocycles. The fourth-order valence-corrected chi connectivity index (χ4v) is 2.58. The summed E-state index contributed by atoms with van der Waals surface area (Å²) in [6.45, 7) is 0.450. The lowest BCUT2D eigenvalue weighted by atomic mass is 9.98. The number of hydrogen-bond acceptors (Lipinski definition) is 4. The summed E-state index contributed by atoms with van der Waals surface area (Å²) >= 11 is 0. The first kappa shape index (κ1) is 17.2. The number of nitro benzene ring substituents is 1. The lowest BCUT2D eigenvalue weighted by Crippen LogP contribution is -2.41. The number of aliphatic hydroxyl groups excluding tert-OH is 1. The van der Waals surface area contributed by atoms with Crippen LogP contribution in [-0.2, 0) is 6.18 Å². The summed E-state index contributed by atoms with van der Waals surface area (Å²) < 4.78 is 38.6. The predicted octanol–water partition coefficient (Wildman–Crippen LogP) is 2.46. The average molecular weight is 332 g/mol. The number of carbonyl (C=O) groups is 1. The van der Waals surface area contributed by atoms with E-state index in [1.807, 2.05) is 0 Å². The van der Waals surface area contributed by atoms with Crippen LogP contribution in [0.4, 0.5) is 18.9 Å². The maximum atomic E-state index is 12.9. The van der Waals surface area contributed by atoms with Gasteiger partial charge in [0.25, 0.3) is 11.6 Å². The molecule has 1 amide bonds. The van der Waals surface area contributed by atoms with Crippen LogP contribution in [-0.4, -0.2) is 40.5 Å². The van der Waals surface area contributed by atoms with E-state index in [1.54, 1.807) is 0 Å². The quantitative estimate of drug-likeness (QED) is 0.681. The highest BCUT2D eigenvalue weighted by Gasteiger charge is 2.34. The van der Waals surface area contributed by atoms with Gasteiger partial charge in [-0.2, -0.15) is 13.2 Å². The van der Waals surface area contributed by atoms with Crippen LogP contribution in [0.15, 0.2) is 18.2 Å². The molecule has 1 aromatic rings. The molecule has 0 aromatic heterocycles. The van der Waals surface area contributed by atoms with Crippen molar-refractivity contribution in [3.63, 3.8) is 0 Å². The van der Waals surface area contributed by atoms with Crippen molar-refractivity contribution >= 4 is 11.6 Å². The van der Waals surface area contributed by atoms with Gasteiger partial charge < -0.3 is 10.0 Å². The third-order valence-corrected chi connectivity index (χ3v) is 3.77. The van der Waals surface area contributed by atoms with E-state index < -0.39 is 28.3 Å². The van der Waals surface area contributed by atoms with Gasteiger partial charge in [0.2, 0.25) is 0 Å². The molecule has 1 fully saturated rings. The number of likely N-dealkylation sites (tertiary alicyclic amines) is 1. The van der Waals surface area contributed by atoms with Crippen LogP contribution in [0.1, 0.15) is 28.8 Å². The van der Waals surface area contributed by atoms with E-state index in [-0.39, 0.29) is 24.6 Å². The molecule has 126 valence electrons.